The van der Waals surface area contributed by atoms with Gasteiger partial charge in [0.2, 0.25) is 0 Å². The Morgan fingerprint density at radius 1 is 1.20 bits per heavy atom. The van der Waals surface area contributed by atoms with E-state index in [1.807, 2.05) is 0 Å². The fourth-order valence-electron chi connectivity index (χ4n) is 0.982. The molecule has 0 heterocycles. The van der Waals surface area contributed by atoms with E-state index in [4.69, 9.17) is 27.4 Å². The Balaban J connectivity index is 3.80. The van der Waals surface area contributed by atoms with E-state index >= 15 is 0 Å². The fraction of sp³-hybridized carbons (Fsp3) is 0.545. The number of terminal acetylenes is 2. The predicted octanol–water partition coefficient (Wildman–Crippen LogP) is 0.377. The van der Waals surface area contributed by atoms with Crippen LogP contribution in [0.3, 0.4) is 0 Å². The first-order valence-electron chi connectivity index (χ1n) is 4.45. The third kappa shape index (κ3) is 8.83. The number of carbonyl (C=O) groups is 1. The van der Waals surface area contributed by atoms with Gasteiger partial charge >= 0.3 is 5.97 Å². The van der Waals surface area contributed by atoms with Crippen molar-refractivity contribution in [3.63, 3.8) is 0 Å². The van der Waals surface area contributed by atoms with E-state index in [-0.39, 0.29) is 38.8 Å². The molecule has 82 valence electrons. The highest BCUT2D eigenvalue weighted by molar-refractivity contribution is 5.67. The Hall–Kier alpha value is -1.49. The van der Waals surface area contributed by atoms with Crippen LogP contribution in [0.25, 0.3) is 0 Å². The molecule has 0 saturated carbocycles. The molecule has 0 spiro atoms. The lowest BCUT2D eigenvalue weighted by Crippen LogP contribution is -2.20. The van der Waals surface area contributed by atoms with Gasteiger partial charge in [-0.2, -0.15) is 0 Å². The summed E-state index contributed by atoms with van der Waals surface area (Å²) in [5, 5.41) is 8.61. The number of ether oxygens (including phenoxy) is 2. The summed E-state index contributed by atoms with van der Waals surface area (Å²) in [7, 11) is 0. The summed E-state index contributed by atoms with van der Waals surface area (Å²) < 4.78 is 10.1. The summed E-state index contributed by atoms with van der Waals surface area (Å²) >= 11 is 0. The maximum Gasteiger partial charge on any atom is 0.303 e. The number of carboxylic acid groups (broad SMARTS) is 1. The topological polar surface area (TPSA) is 55.8 Å². The van der Waals surface area contributed by atoms with Gasteiger partial charge < -0.3 is 14.6 Å². The van der Waals surface area contributed by atoms with Crippen LogP contribution < -0.4 is 0 Å². The van der Waals surface area contributed by atoms with E-state index in [2.05, 4.69) is 11.8 Å². The molecule has 0 rings (SSSR count). The Morgan fingerprint density at radius 2 is 1.67 bits per heavy atom. The minimum Gasteiger partial charge on any atom is -0.481 e. The highest BCUT2D eigenvalue weighted by Crippen LogP contribution is 2.04. The number of hydrogen-bond acceptors (Lipinski definition) is 3. The second-order valence-corrected chi connectivity index (χ2v) is 2.90. The van der Waals surface area contributed by atoms with Crippen LogP contribution in [-0.4, -0.2) is 37.5 Å². The zero-order valence-electron chi connectivity index (χ0n) is 8.44. The molecule has 4 nitrogen and oxygen atoms in total. The summed E-state index contributed by atoms with van der Waals surface area (Å²) in [5.74, 6) is 3.49. The maximum atomic E-state index is 10.5. The largest absolute Gasteiger partial charge is 0.481 e. The lowest BCUT2D eigenvalue weighted by Gasteiger charge is -2.13. The monoisotopic (exact) mass is 210 g/mol. The van der Waals surface area contributed by atoms with Gasteiger partial charge in [0, 0.05) is 5.92 Å². The highest BCUT2D eigenvalue weighted by atomic mass is 16.5. The van der Waals surface area contributed by atoms with Crippen LogP contribution in [-0.2, 0) is 14.3 Å². The zero-order valence-corrected chi connectivity index (χ0v) is 8.44. The molecule has 0 saturated heterocycles. The molecule has 0 fully saturated rings. The Morgan fingerprint density at radius 3 is 2.00 bits per heavy atom. The van der Waals surface area contributed by atoms with Gasteiger partial charge in [0.25, 0.3) is 0 Å². The first kappa shape index (κ1) is 13.5. The molecule has 0 radical (unpaired) electrons. The van der Waals surface area contributed by atoms with Crippen LogP contribution >= 0.6 is 0 Å². The van der Waals surface area contributed by atoms with Crippen LogP contribution in [0.4, 0.5) is 0 Å². The van der Waals surface area contributed by atoms with Crippen molar-refractivity contribution in [2.75, 3.05) is 26.4 Å². The van der Waals surface area contributed by atoms with Crippen LogP contribution in [0.5, 0.6) is 0 Å². The lowest BCUT2D eigenvalue weighted by molar-refractivity contribution is -0.139. The Kier molecular flexibility index (Phi) is 8.18. The van der Waals surface area contributed by atoms with Crippen molar-refractivity contribution in [2.45, 2.75) is 6.42 Å². The van der Waals surface area contributed by atoms with Gasteiger partial charge in [-0.3, -0.25) is 4.79 Å². The molecule has 4 heteroatoms. The van der Waals surface area contributed by atoms with Gasteiger partial charge in [0.1, 0.15) is 13.2 Å². The maximum absolute atomic E-state index is 10.5. The highest BCUT2D eigenvalue weighted by Gasteiger charge is 2.13. The molecule has 0 unspecified atom stereocenters. The first-order valence-corrected chi connectivity index (χ1v) is 4.45. The summed E-state index contributed by atoms with van der Waals surface area (Å²) in [6.45, 7) is 0.874. The number of rotatable bonds is 8. The lowest BCUT2D eigenvalue weighted by atomic mass is 10.1. The van der Waals surface area contributed by atoms with E-state index in [0.717, 1.165) is 0 Å². The van der Waals surface area contributed by atoms with E-state index in [1.54, 1.807) is 0 Å². The molecule has 1 N–H and O–H groups in total. The first-order chi connectivity index (χ1) is 7.20. The molecule has 0 aliphatic rings. The average molecular weight is 210 g/mol. The van der Waals surface area contributed by atoms with Crippen LogP contribution in [0.1, 0.15) is 6.42 Å². The molecule has 0 bridgehead atoms. The smallest absolute Gasteiger partial charge is 0.303 e. The summed E-state index contributed by atoms with van der Waals surface area (Å²) in [6, 6.07) is 0. The third-order valence-electron chi connectivity index (χ3n) is 1.54. The third-order valence-corrected chi connectivity index (χ3v) is 1.54. The standard InChI is InChI=1S/C11H14O4/c1-3-5-14-8-10(7-11(12)13)9-15-6-4-2/h1-2,10H,5-9H2,(H,12,13). The SMILES string of the molecule is C#CCOCC(COCC#C)CC(=O)O. The normalized spacial score (nSPS) is 9.53. The number of hydrogen-bond donors (Lipinski definition) is 1. The van der Waals surface area contributed by atoms with Gasteiger partial charge in [-0.15, -0.1) is 12.8 Å². The van der Waals surface area contributed by atoms with Crippen molar-refractivity contribution in [3.8, 4) is 24.7 Å². The second-order valence-electron chi connectivity index (χ2n) is 2.90. The molecular weight excluding hydrogens is 196 g/mol. The van der Waals surface area contributed by atoms with Crippen molar-refractivity contribution < 1.29 is 19.4 Å². The minimum atomic E-state index is -0.895. The average Bonchev–Trinajstić information content (AvgIpc) is 2.17. The van der Waals surface area contributed by atoms with Crippen molar-refractivity contribution in [2.24, 2.45) is 5.92 Å². The molecule has 0 atom stereocenters. The van der Waals surface area contributed by atoms with Crippen LogP contribution in [0.15, 0.2) is 0 Å². The molecule has 0 aromatic rings. The Bertz CT molecular complexity index is 239. The van der Waals surface area contributed by atoms with E-state index in [0.29, 0.717) is 0 Å². The van der Waals surface area contributed by atoms with Gasteiger partial charge in [-0.25, -0.2) is 0 Å². The number of carboxylic acids is 1. The van der Waals surface area contributed by atoms with Crippen molar-refractivity contribution in [1.29, 1.82) is 0 Å². The fourth-order valence-corrected chi connectivity index (χ4v) is 0.982. The van der Waals surface area contributed by atoms with Gasteiger partial charge in [-0.1, -0.05) is 11.8 Å². The van der Waals surface area contributed by atoms with Crippen LogP contribution in [0.2, 0.25) is 0 Å². The predicted molar refractivity (Wildman–Crippen MR) is 55.0 cm³/mol. The quantitative estimate of drug-likeness (QED) is 0.464. The molecule has 0 aromatic heterocycles. The molecule has 0 aliphatic heterocycles. The molecule has 15 heavy (non-hydrogen) atoms. The van der Waals surface area contributed by atoms with E-state index in [1.165, 1.54) is 0 Å². The molecular formula is C11H14O4. The van der Waals surface area contributed by atoms with Crippen LogP contribution in [0, 0.1) is 30.6 Å². The van der Waals surface area contributed by atoms with Crippen molar-refractivity contribution in [3.05, 3.63) is 0 Å². The molecule has 0 amide bonds. The summed E-state index contributed by atoms with van der Waals surface area (Å²) in [5.41, 5.74) is 0. The molecule has 0 aliphatic carbocycles. The van der Waals surface area contributed by atoms with E-state index in [9.17, 15) is 4.79 Å². The second kappa shape index (κ2) is 9.08. The van der Waals surface area contributed by atoms with E-state index < -0.39 is 5.97 Å². The van der Waals surface area contributed by atoms with Gasteiger partial charge in [-0.05, 0) is 0 Å². The zero-order chi connectivity index (χ0) is 11.5. The summed E-state index contributed by atoms with van der Waals surface area (Å²) in [6.07, 6.45) is 9.96. The number of aliphatic carboxylic acids is 1. The van der Waals surface area contributed by atoms with Gasteiger partial charge in [0.05, 0.1) is 19.6 Å². The molecule has 0 aromatic carbocycles. The summed E-state index contributed by atoms with van der Waals surface area (Å²) in [4.78, 5) is 10.5. The minimum absolute atomic E-state index is 0.0187. The van der Waals surface area contributed by atoms with Gasteiger partial charge in [0.15, 0.2) is 0 Å². The van der Waals surface area contributed by atoms with Crippen molar-refractivity contribution in [1.82, 2.24) is 0 Å². The Labute approximate surface area is 89.6 Å². The van der Waals surface area contributed by atoms with Crippen molar-refractivity contribution >= 4 is 5.97 Å².